The van der Waals surface area contributed by atoms with Crippen molar-refractivity contribution in [3.8, 4) is 5.75 Å². The zero-order valence-corrected chi connectivity index (χ0v) is 21.8. The number of pyridine rings is 2. The molecule has 2 fully saturated rings. The van der Waals surface area contributed by atoms with Crippen molar-refractivity contribution in [1.82, 2.24) is 14.3 Å². The molecule has 0 saturated carbocycles. The topological polar surface area (TPSA) is 152 Å². The maximum absolute atomic E-state index is 9.09. The summed E-state index contributed by atoms with van der Waals surface area (Å²) in [4.78, 5) is 10.6. The molecule has 0 bridgehead atoms. The highest BCUT2D eigenvalue weighted by Gasteiger charge is 2.53. The van der Waals surface area contributed by atoms with Crippen LogP contribution in [0.25, 0.3) is 0 Å². The van der Waals surface area contributed by atoms with Crippen LogP contribution in [0.4, 0.5) is 11.5 Å². The van der Waals surface area contributed by atoms with Crippen molar-refractivity contribution < 1.29 is 20.1 Å². The first-order valence-electron chi connectivity index (χ1n) is 11.2. The first kappa shape index (κ1) is 26.0. The van der Waals surface area contributed by atoms with Crippen molar-refractivity contribution in [2.45, 2.75) is 11.9 Å². The molecule has 0 amide bonds. The number of nitrogens with one attached hydrogen (secondary N) is 1. The number of hydrogen-bond donors (Lipinski definition) is 5. The smallest absolute Gasteiger partial charge is 0.344 e. The lowest BCUT2D eigenvalue weighted by Gasteiger charge is -2.60. The van der Waals surface area contributed by atoms with Crippen LogP contribution in [0.1, 0.15) is 16.7 Å². The molecule has 10 nitrogen and oxygen atoms in total. The van der Waals surface area contributed by atoms with E-state index in [1.807, 2.05) is 12.1 Å². The van der Waals surface area contributed by atoms with Gasteiger partial charge in [0, 0.05) is 84.5 Å². The molecular weight excluding hydrogens is 539 g/mol. The molecule has 0 atom stereocenters. The predicted octanol–water partition coefficient (Wildman–Crippen LogP) is 2.72. The summed E-state index contributed by atoms with van der Waals surface area (Å²) in [5.74, 6) is 1.31. The minimum Gasteiger partial charge on any atom is -0.489 e. The molecular formula is C24H24Cl2N6O4S. The fourth-order valence-electron chi connectivity index (χ4n) is 4.51. The van der Waals surface area contributed by atoms with Gasteiger partial charge in [0.2, 0.25) is 0 Å². The van der Waals surface area contributed by atoms with Gasteiger partial charge in [-0.3, -0.25) is 10.4 Å². The first-order chi connectivity index (χ1) is 17.5. The monoisotopic (exact) mass is 562 g/mol. The Kier molecular flexibility index (Phi) is 6.96. The molecule has 6 N–H and O–H groups in total. The van der Waals surface area contributed by atoms with Gasteiger partial charge in [-0.25, -0.2) is 9.29 Å². The fourth-order valence-corrected chi connectivity index (χ4v) is 6.01. The molecule has 3 aromatic rings. The highest BCUT2D eigenvalue weighted by molar-refractivity contribution is 7.97. The normalized spacial score (nSPS) is 16.8. The van der Waals surface area contributed by atoms with Crippen molar-refractivity contribution in [3.05, 3.63) is 75.7 Å². The third-order valence-electron chi connectivity index (χ3n) is 6.32. The lowest BCUT2D eigenvalue weighted by Crippen LogP contribution is -2.71. The summed E-state index contributed by atoms with van der Waals surface area (Å²) in [5, 5.41) is 34.0. The van der Waals surface area contributed by atoms with Gasteiger partial charge in [0.25, 0.3) is 0 Å². The highest BCUT2D eigenvalue weighted by Crippen LogP contribution is 2.45. The van der Waals surface area contributed by atoms with Crippen LogP contribution < -0.4 is 15.4 Å². The molecule has 0 radical (unpaired) electrons. The van der Waals surface area contributed by atoms with Crippen LogP contribution in [0.3, 0.4) is 0 Å². The van der Waals surface area contributed by atoms with Gasteiger partial charge in [-0.05, 0) is 30.3 Å². The average molecular weight is 563 g/mol. The third kappa shape index (κ3) is 5.63. The average Bonchev–Trinajstić information content (AvgIpc) is 2.79. The van der Waals surface area contributed by atoms with E-state index in [0.717, 1.165) is 18.9 Å². The van der Waals surface area contributed by atoms with Gasteiger partial charge in [-0.15, -0.1) is 0 Å². The van der Waals surface area contributed by atoms with Crippen molar-refractivity contribution >= 4 is 52.4 Å². The van der Waals surface area contributed by atoms with Crippen LogP contribution in [-0.2, 0) is 6.61 Å². The summed E-state index contributed by atoms with van der Waals surface area (Å²) in [6.45, 7) is 3.00. The molecule has 4 heterocycles. The summed E-state index contributed by atoms with van der Waals surface area (Å²) < 4.78 is 7.58. The van der Waals surface area contributed by atoms with Gasteiger partial charge in [-0.1, -0.05) is 23.2 Å². The Morgan fingerprint density at radius 2 is 1.78 bits per heavy atom. The van der Waals surface area contributed by atoms with E-state index in [-0.39, 0.29) is 17.7 Å². The summed E-state index contributed by atoms with van der Waals surface area (Å²) in [6, 6.07) is 8.81. The van der Waals surface area contributed by atoms with Crippen LogP contribution in [0.5, 0.6) is 5.75 Å². The van der Waals surface area contributed by atoms with Crippen molar-refractivity contribution in [1.29, 1.82) is 5.41 Å². The number of aliphatic hydroxyl groups is 3. The molecule has 5 rings (SSSR count). The molecule has 2 aromatic heterocycles. The van der Waals surface area contributed by atoms with Gasteiger partial charge in [0.1, 0.15) is 18.2 Å². The summed E-state index contributed by atoms with van der Waals surface area (Å²) in [7, 11) is 0. The largest absolute Gasteiger partial charge is 0.489 e. The van der Waals surface area contributed by atoms with E-state index in [2.05, 4.69) is 14.9 Å². The van der Waals surface area contributed by atoms with Crippen LogP contribution in [0.15, 0.2) is 48.9 Å². The number of halogens is 2. The minimum absolute atomic E-state index is 0.0604. The molecule has 13 heteroatoms. The summed E-state index contributed by atoms with van der Waals surface area (Å²) in [5.41, 5.74) is 8.63. The van der Waals surface area contributed by atoms with E-state index in [1.54, 1.807) is 28.7 Å². The number of ether oxygens (including phenoxy) is 1. The number of aromatic nitrogens is 2. The Morgan fingerprint density at radius 1 is 1.08 bits per heavy atom. The maximum Gasteiger partial charge on any atom is 0.344 e. The van der Waals surface area contributed by atoms with E-state index in [0.29, 0.717) is 63.2 Å². The number of nitrogen functional groups attached to an aromatic ring is 1. The van der Waals surface area contributed by atoms with Gasteiger partial charge < -0.3 is 30.7 Å². The van der Waals surface area contributed by atoms with Crippen LogP contribution in [0, 0.1) is 10.8 Å². The van der Waals surface area contributed by atoms with Crippen LogP contribution in [0.2, 0.25) is 10.0 Å². The fraction of sp³-hybridized carbons (Fsp3) is 0.292. The lowest BCUT2D eigenvalue weighted by molar-refractivity contribution is -0.237. The number of benzene rings is 1. The number of hydrogen-bond acceptors (Lipinski definition) is 11. The van der Waals surface area contributed by atoms with Gasteiger partial charge in [0.05, 0.1) is 15.8 Å². The maximum atomic E-state index is 9.09. The molecule has 0 unspecified atom stereocenters. The zero-order chi connectivity index (χ0) is 26.4. The van der Waals surface area contributed by atoms with Gasteiger partial charge in [-0.2, -0.15) is 0 Å². The Bertz CT molecular complexity index is 1300. The molecule has 1 aromatic carbocycles. The van der Waals surface area contributed by atoms with E-state index < -0.39 is 5.31 Å². The summed E-state index contributed by atoms with van der Waals surface area (Å²) in [6.07, 6.45) is 4.65. The number of anilines is 2. The number of nitrogens with zero attached hydrogens (tertiary/aromatic N) is 4. The molecule has 194 valence electrons. The second kappa shape index (κ2) is 9.91. The van der Waals surface area contributed by atoms with E-state index in [9.17, 15) is 0 Å². The Hall–Kier alpha value is -2.64. The van der Waals surface area contributed by atoms with Crippen LogP contribution >= 0.6 is 35.1 Å². The van der Waals surface area contributed by atoms with E-state index >= 15 is 0 Å². The minimum atomic E-state index is -2.75. The molecule has 0 aliphatic carbocycles. The number of nitrogens with two attached hydrogens (primary N) is 1. The highest BCUT2D eigenvalue weighted by atomic mass is 35.5. The third-order valence-corrected chi connectivity index (χ3v) is 7.73. The molecule has 1 spiro atoms. The quantitative estimate of drug-likeness (QED) is 0.120. The molecule has 2 aliphatic rings. The standard InChI is InChI=1S/C24H24Cl2N6O4S/c25-18-7-29-8-19(26)17(18)9-36-15-2-3-20(27)16(5-15)22(28)14-1-4-21(30-6-14)31-10-23(11-31)12-32(13-23)37-24(33,34)35/h1-8,28,33-35H,9-13,27H2. The molecule has 2 saturated heterocycles. The molecule has 37 heavy (non-hydrogen) atoms. The van der Waals surface area contributed by atoms with Crippen molar-refractivity contribution in [3.63, 3.8) is 0 Å². The second-order valence-electron chi connectivity index (χ2n) is 9.22. The SMILES string of the molecule is N=C(c1ccc(N2CC3(CN(SC(O)(O)O)C3)C2)nc1)c1cc(OCc2c(Cl)cncc2Cl)ccc1N. The Morgan fingerprint density at radius 3 is 2.41 bits per heavy atom. The zero-order valence-electron chi connectivity index (χ0n) is 19.4. The Balaban J connectivity index is 1.20. The van der Waals surface area contributed by atoms with Crippen molar-refractivity contribution in [2.75, 3.05) is 36.8 Å². The van der Waals surface area contributed by atoms with Gasteiger partial charge in [0.15, 0.2) is 0 Å². The lowest BCUT2D eigenvalue weighted by atomic mass is 9.74. The second-order valence-corrected chi connectivity index (χ2v) is 11.3. The summed E-state index contributed by atoms with van der Waals surface area (Å²) >= 11 is 12.9. The predicted molar refractivity (Wildman–Crippen MR) is 143 cm³/mol. The first-order valence-corrected chi connectivity index (χ1v) is 12.8. The van der Waals surface area contributed by atoms with E-state index in [4.69, 9.17) is 54.4 Å². The van der Waals surface area contributed by atoms with E-state index in [1.165, 1.54) is 12.4 Å². The van der Waals surface area contributed by atoms with Crippen LogP contribution in [-0.4, -0.2) is 66.8 Å². The number of rotatable bonds is 8. The van der Waals surface area contributed by atoms with Gasteiger partial charge >= 0.3 is 5.31 Å². The molecule has 2 aliphatic heterocycles. The van der Waals surface area contributed by atoms with Crippen molar-refractivity contribution in [2.24, 2.45) is 5.41 Å². The Labute approximate surface area is 227 Å².